The van der Waals surface area contributed by atoms with E-state index in [4.69, 9.17) is 0 Å². The number of carbonyl (C=O) groups excluding carboxylic acids is 1. The van der Waals surface area contributed by atoms with Crippen LogP contribution in [-0.2, 0) is 6.54 Å². The minimum Gasteiger partial charge on any atom is -0.350 e. The number of pyridine rings is 1. The van der Waals surface area contributed by atoms with Crippen LogP contribution in [-0.4, -0.2) is 20.9 Å². The Bertz CT molecular complexity index is 947. The van der Waals surface area contributed by atoms with Gasteiger partial charge in [-0.1, -0.05) is 17.7 Å². The molecule has 0 saturated heterocycles. The number of hydrogen-bond donors (Lipinski definition) is 2. The van der Waals surface area contributed by atoms with E-state index in [0.717, 1.165) is 28.1 Å². The predicted molar refractivity (Wildman–Crippen MR) is 107 cm³/mol. The first-order valence-electron chi connectivity index (χ1n) is 8.80. The van der Waals surface area contributed by atoms with Crippen molar-refractivity contribution in [1.82, 2.24) is 15.0 Å². The smallest absolute Gasteiger partial charge is 0.274 e. The highest BCUT2D eigenvalue weighted by molar-refractivity contribution is 6.04. The second-order valence-corrected chi connectivity index (χ2v) is 6.66. The van der Waals surface area contributed by atoms with Crippen LogP contribution in [0.25, 0.3) is 0 Å². The zero-order valence-electron chi connectivity index (χ0n) is 16.0. The number of amides is 1. The topological polar surface area (TPSA) is 79.8 Å². The Kier molecular flexibility index (Phi) is 5.45. The summed E-state index contributed by atoms with van der Waals surface area (Å²) in [5.41, 5.74) is 6.18. The third kappa shape index (κ3) is 4.67. The standard InChI is InChI=1S/C21H23N5O/c1-13-9-14(2)19(15(3)10-13)26-20(27)18-11-16(4)24-21(25-18)23-12-17-5-7-22-8-6-17/h5-11H,12H2,1-4H3,(H,26,27)(H,23,24,25). The number of nitrogens with one attached hydrogen (secondary N) is 2. The summed E-state index contributed by atoms with van der Waals surface area (Å²) in [4.78, 5) is 25.5. The number of aryl methyl sites for hydroxylation is 4. The SMILES string of the molecule is Cc1cc(C)c(NC(=O)c2cc(C)nc(NCc3ccncc3)n2)c(C)c1. The van der Waals surface area contributed by atoms with Gasteiger partial charge in [-0.05, 0) is 62.6 Å². The van der Waals surface area contributed by atoms with Gasteiger partial charge in [-0.2, -0.15) is 0 Å². The van der Waals surface area contributed by atoms with Crippen molar-refractivity contribution in [3.8, 4) is 0 Å². The van der Waals surface area contributed by atoms with Gasteiger partial charge in [0.05, 0.1) is 0 Å². The van der Waals surface area contributed by atoms with E-state index in [-0.39, 0.29) is 5.91 Å². The molecule has 0 aliphatic heterocycles. The van der Waals surface area contributed by atoms with Gasteiger partial charge in [-0.15, -0.1) is 0 Å². The first-order valence-corrected chi connectivity index (χ1v) is 8.80. The molecule has 0 unspecified atom stereocenters. The Morgan fingerprint density at radius 1 is 0.963 bits per heavy atom. The summed E-state index contributed by atoms with van der Waals surface area (Å²) in [5.74, 6) is 0.178. The van der Waals surface area contributed by atoms with Gasteiger partial charge in [-0.25, -0.2) is 9.97 Å². The Morgan fingerprint density at radius 3 is 2.30 bits per heavy atom. The maximum atomic E-state index is 12.7. The summed E-state index contributed by atoms with van der Waals surface area (Å²) in [6.07, 6.45) is 3.47. The van der Waals surface area contributed by atoms with Gasteiger partial charge >= 0.3 is 0 Å². The third-order valence-corrected chi connectivity index (χ3v) is 4.20. The van der Waals surface area contributed by atoms with Crippen molar-refractivity contribution in [1.29, 1.82) is 0 Å². The lowest BCUT2D eigenvalue weighted by atomic mass is 10.0. The van der Waals surface area contributed by atoms with Crippen LogP contribution in [0, 0.1) is 27.7 Å². The van der Waals surface area contributed by atoms with E-state index in [2.05, 4.69) is 37.7 Å². The molecule has 0 atom stereocenters. The summed E-state index contributed by atoms with van der Waals surface area (Å²) in [6, 6.07) is 9.62. The predicted octanol–water partition coefficient (Wildman–Crippen LogP) is 3.97. The van der Waals surface area contributed by atoms with E-state index in [9.17, 15) is 4.79 Å². The van der Waals surface area contributed by atoms with Gasteiger partial charge in [0, 0.05) is 30.3 Å². The molecule has 0 bridgehead atoms. The van der Waals surface area contributed by atoms with E-state index in [1.807, 2.05) is 39.8 Å². The van der Waals surface area contributed by atoms with E-state index < -0.39 is 0 Å². The van der Waals surface area contributed by atoms with Crippen molar-refractivity contribution in [2.75, 3.05) is 10.6 Å². The highest BCUT2D eigenvalue weighted by Gasteiger charge is 2.14. The molecule has 0 saturated carbocycles. The van der Waals surface area contributed by atoms with Gasteiger partial charge in [0.25, 0.3) is 5.91 Å². The van der Waals surface area contributed by atoms with Crippen LogP contribution in [0.1, 0.15) is 38.4 Å². The molecule has 6 nitrogen and oxygen atoms in total. The van der Waals surface area contributed by atoms with Gasteiger partial charge < -0.3 is 10.6 Å². The number of hydrogen-bond acceptors (Lipinski definition) is 5. The van der Waals surface area contributed by atoms with Crippen LogP contribution in [0.2, 0.25) is 0 Å². The molecular formula is C21H23N5O. The van der Waals surface area contributed by atoms with Crippen molar-refractivity contribution in [3.05, 3.63) is 76.4 Å². The number of anilines is 2. The van der Waals surface area contributed by atoms with Crippen LogP contribution in [0.5, 0.6) is 0 Å². The van der Waals surface area contributed by atoms with Crippen molar-refractivity contribution in [2.24, 2.45) is 0 Å². The molecule has 2 heterocycles. The number of rotatable bonds is 5. The normalized spacial score (nSPS) is 10.5. The van der Waals surface area contributed by atoms with Crippen molar-refractivity contribution < 1.29 is 4.79 Å². The molecule has 0 spiro atoms. The van der Waals surface area contributed by atoms with Gasteiger partial charge in [0.1, 0.15) is 5.69 Å². The fraction of sp³-hybridized carbons (Fsp3) is 0.238. The van der Waals surface area contributed by atoms with Gasteiger partial charge in [0.2, 0.25) is 5.95 Å². The molecule has 138 valence electrons. The maximum absolute atomic E-state index is 12.7. The molecule has 3 aromatic rings. The summed E-state index contributed by atoms with van der Waals surface area (Å²) in [6.45, 7) is 8.42. The number of aromatic nitrogens is 3. The highest BCUT2D eigenvalue weighted by Crippen LogP contribution is 2.22. The number of nitrogens with zero attached hydrogens (tertiary/aromatic N) is 3. The first kappa shape index (κ1) is 18.5. The zero-order valence-corrected chi connectivity index (χ0v) is 16.0. The molecule has 0 fully saturated rings. The van der Waals surface area contributed by atoms with Crippen molar-refractivity contribution in [3.63, 3.8) is 0 Å². The van der Waals surface area contributed by atoms with Crippen LogP contribution in [0.15, 0.2) is 42.7 Å². The van der Waals surface area contributed by atoms with E-state index in [1.165, 1.54) is 5.56 Å². The average Bonchev–Trinajstić information content (AvgIpc) is 2.63. The van der Waals surface area contributed by atoms with E-state index in [1.54, 1.807) is 18.5 Å². The van der Waals surface area contributed by atoms with Gasteiger partial charge in [0.15, 0.2) is 0 Å². The molecule has 0 radical (unpaired) electrons. The van der Waals surface area contributed by atoms with Crippen LogP contribution >= 0.6 is 0 Å². The molecule has 2 aromatic heterocycles. The Labute approximate surface area is 159 Å². The second kappa shape index (κ2) is 7.95. The Morgan fingerprint density at radius 2 is 1.63 bits per heavy atom. The maximum Gasteiger partial charge on any atom is 0.274 e. The second-order valence-electron chi connectivity index (χ2n) is 6.66. The Balaban J connectivity index is 1.78. The summed E-state index contributed by atoms with van der Waals surface area (Å²) < 4.78 is 0. The lowest BCUT2D eigenvalue weighted by Gasteiger charge is -2.13. The van der Waals surface area contributed by atoms with E-state index in [0.29, 0.717) is 18.2 Å². The molecule has 1 amide bonds. The molecule has 0 aliphatic rings. The van der Waals surface area contributed by atoms with E-state index >= 15 is 0 Å². The summed E-state index contributed by atoms with van der Waals surface area (Å²) in [7, 11) is 0. The molecule has 0 aliphatic carbocycles. The quantitative estimate of drug-likeness (QED) is 0.719. The van der Waals surface area contributed by atoms with Crippen LogP contribution < -0.4 is 10.6 Å². The molecule has 3 rings (SSSR count). The average molecular weight is 361 g/mol. The molecule has 2 N–H and O–H groups in total. The molecule has 27 heavy (non-hydrogen) atoms. The lowest BCUT2D eigenvalue weighted by molar-refractivity contribution is 0.102. The fourth-order valence-corrected chi connectivity index (χ4v) is 3.00. The third-order valence-electron chi connectivity index (χ3n) is 4.20. The minimum atomic E-state index is -0.248. The summed E-state index contributed by atoms with van der Waals surface area (Å²) in [5, 5.41) is 6.15. The fourth-order valence-electron chi connectivity index (χ4n) is 3.00. The van der Waals surface area contributed by atoms with Crippen molar-refractivity contribution in [2.45, 2.75) is 34.2 Å². The first-order chi connectivity index (χ1) is 12.9. The monoisotopic (exact) mass is 361 g/mol. The van der Waals surface area contributed by atoms with Crippen LogP contribution in [0.4, 0.5) is 11.6 Å². The highest BCUT2D eigenvalue weighted by atomic mass is 16.1. The lowest BCUT2D eigenvalue weighted by Crippen LogP contribution is -2.17. The minimum absolute atomic E-state index is 0.248. The molecule has 1 aromatic carbocycles. The number of benzene rings is 1. The zero-order chi connectivity index (χ0) is 19.4. The van der Waals surface area contributed by atoms with Crippen molar-refractivity contribution >= 4 is 17.5 Å². The molecule has 6 heteroatoms. The van der Waals surface area contributed by atoms with Crippen LogP contribution in [0.3, 0.4) is 0 Å². The Hall–Kier alpha value is -3.28. The van der Waals surface area contributed by atoms with Gasteiger partial charge in [-0.3, -0.25) is 9.78 Å². The summed E-state index contributed by atoms with van der Waals surface area (Å²) >= 11 is 0. The number of carbonyl (C=O) groups is 1. The molecular weight excluding hydrogens is 338 g/mol. The largest absolute Gasteiger partial charge is 0.350 e.